The van der Waals surface area contributed by atoms with Crippen molar-refractivity contribution in [1.29, 1.82) is 0 Å². The average molecular weight is 236 g/mol. The summed E-state index contributed by atoms with van der Waals surface area (Å²) in [6, 6.07) is 0.317. The largest absolute Gasteiger partial charge is 0.356 e. The lowest BCUT2D eigenvalue weighted by molar-refractivity contribution is -0.121. The lowest BCUT2D eigenvalue weighted by atomic mass is 10.1. The fourth-order valence-electron chi connectivity index (χ4n) is 2.17. The van der Waals surface area contributed by atoms with E-state index < -0.39 is 0 Å². The monoisotopic (exact) mass is 236 g/mol. The number of imidazole rings is 1. The third-order valence-electron chi connectivity index (χ3n) is 3.19. The summed E-state index contributed by atoms with van der Waals surface area (Å²) >= 11 is 0. The summed E-state index contributed by atoms with van der Waals surface area (Å²) in [5.41, 5.74) is 0. The van der Waals surface area contributed by atoms with Gasteiger partial charge in [0, 0.05) is 51.4 Å². The van der Waals surface area contributed by atoms with Gasteiger partial charge in [0.15, 0.2) is 0 Å². The number of amides is 1. The van der Waals surface area contributed by atoms with Crippen LogP contribution in [0.2, 0.25) is 0 Å². The van der Waals surface area contributed by atoms with Gasteiger partial charge < -0.3 is 15.2 Å². The van der Waals surface area contributed by atoms with E-state index in [1.165, 1.54) is 0 Å². The zero-order valence-corrected chi connectivity index (χ0v) is 10.3. The number of nitrogens with one attached hydrogen (secondary N) is 2. The molecule has 5 nitrogen and oxygen atoms in total. The number of hydrogen-bond donors (Lipinski definition) is 2. The van der Waals surface area contributed by atoms with Gasteiger partial charge in [0.25, 0.3) is 0 Å². The Morgan fingerprint density at radius 1 is 1.65 bits per heavy atom. The van der Waals surface area contributed by atoms with E-state index in [9.17, 15) is 4.79 Å². The number of hydrogen-bond acceptors (Lipinski definition) is 3. The van der Waals surface area contributed by atoms with Crippen molar-refractivity contribution in [2.75, 3.05) is 13.1 Å². The molecule has 1 aromatic heterocycles. The van der Waals surface area contributed by atoms with Crippen molar-refractivity contribution in [2.24, 2.45) is 7.05 Å². The Hall–Kier alpha value is -1.36. The first-order chi connectivity index (χ1) is 8.25. The van der Waals surface area contributed by atoms with Gasteiger partial charge in [0.2, 0.25) is 5.91 Å². The summed E-state index contributed by atoms with van der Waals surface area (Å²) < 4.78 is 2.03. The Kier molecular flexibility index (Phi) is 4.14. The predicted octanol–water partition coefficient (Wildman–Crippen LogP) is 0.221. The normalized spacial score (nSPS) is 21.0. The van der Waals surface area contributed by atoms with Crippen molar-refractivity contribution < 1.29 is 4.79 Å². The van der Waals surface area contributed by atoms with Crippen molar-refractivity contribution in [2.45, 2.75) is 31.7 Å². The number of carbonyl (C=O) groups is 1. The predicted molar refractivity (Wildman–Crippen MR) is 65.6 cm³/mol. The van der Waals surface area contributed by atoms with Gasteiger partial charge in [-0.1, -0.05) is 0 Å². The van der Waals surface area contributed by atoms with Crippen LogP contribution >= 0.6 is 0 Å². The van der Waals surface area contributed by atoms with Crippen molar-refractivity contribution in [1.82, 2.24) is 20.2 Å². The minimum atomic E-state index is 0.164. The molecule has 0 bridgehead atoms. The molecule has 0 saturated carbocycles. The number of nitrogens with zero attached hydrogens (tertiary/aromatic N) is 2. The van der Waals surface area contributed by atoms with Crippen LogP contribution < -0.4 is 10.6 Å². The van der Waals surface area contributed by atoms with E-state index in [4.69, 9.17) is 0 Å². The van der Waals surface area contributed by atoms with Crippen LogP contribution in [0.3, 0.4) is 0 Å². The molecule has 0 aromatic carbocycles. The molecule has 2 rings (SSSR count). The lowest BCUT2D eigenvalue weighted by Crippen LogP contribution is -2.34. The second-order valence-electron chi connectivity index (χ2n) is 4.55. The number of carbonyl (C=O) groups excluding carboxylic acids is 1. The van der Waals surface area contributed by atoms with Gasteiger partial charge in [-0.05, 0) is 12.8 Å². The molecule has 2 heterocycles. The Morgan fingerprint density at radius 3 is 3.29 bits per heavy atom. The summed E-state index contributed by atoms with van der Waals surface area (Å²) in [6.07, 6.45) is 7.40. The third-order valence-corrected chi connectivity index (χ3v) is 3.19. The minimum Gasteiger partial charge on any atom is -0.356 e. The van der Waals surface area contributed by atoms with Crippen LogP contribution in [0.4, 0.5) is 0 Å². The van der Waals surface area contributed by atoms with Crippen LogP contribution in [0.5, 0.6) is 0 Å². The third kappa shape index (κ3) is 3.56. The van der Waals surface area contributed by atoms with Crippen LogP contribution in [0.15, 0.2) is 12.4 Å². The highest BCUT2D eigenvalue weighted by atomic mass is 16.1. The van der Waals surface area contributed by atoms with E-state index in [0.29, 0.717) is 12.5 Å². The molecule has 5 heteroatoms. The summed E-state index contributed by atoms with van der Waals surface area (Å²) in [5, 5.41) is 6.34. The van der Waals surface area contributed by atoms with Gasteiger partial charge >= 0.3 is 0 Å². The van der Waals surface area contributed by atoms with Crippen LogP contribution in [0.1, 0.15) is 25.1 Å². The fourth-order valence-corrected chi connectivity index (χ4v) is 2.17. The molecule has 0 aliphatic carbocycles. The second kappa shape index (κ2) is 5.82. The molecule has 1 fully saturated rings. The first-order valence-electron chi connectivity index (χ1n) is 6.22. The summed E-state index contributed by atoms with van der Waals surface area (Å²) in [6.45, 7) is 1.69. The number of aromatic nitrogens is 2. The highest BCUT2D eigenvalue weighted by Gasteiger charge is 2.16. The van der Waals surface area contributed by atoms with Crippen molar-refractivity contribution in [3.05, 3.63) is 18.2 Å². The van der Waals surface area contributed by atoms with Gasteiger partial charge in [-0.25, -0.2) is 4.98 Å². The summed E-state index contributed by atoms with van der Waals surface area (Å²) in [4.78, 5) is 15.6. The molecule has 1 saturated heterocycles. The lowest BCUT2D eigenvalue weighted by Gasteiger charge is -2.14. The maximum absolute atomic E-state index is 11.4. The summed E-state index contributed by atoms with van der Waals surface area (Å²) in [5.74, 6) is 1.24. The molecule has 1 unspecified atom stereocenters. The fraction of sp³-hybridized carbons (Fsp3) is 0.667. The van der Waals surface area contributed by atoms with Crippen molar-refractivity contribution in [3.8, 4) is 0 Å². The van der Waals surface area contributed by atoms with E-state index in [2.05, 4.69) is 15.6 Å². The molecule has 17 heavy (non-hydrogen) atoms. The van der Waals surface area contributed by atoms with Crippen LogP contribution in [0.25, 0.3) is 0 Å². The maximum atomic E-state index is 11.4. The standard InChI is InChI=1S/C12H20N4O/c1-16-8-7-14-11(16)4-6-13-10-3-2-5-15-12(17)9-10/h7-8,10,13H,2-6,9H2,1H3,(H,15,17). The molecular weight excluding hydrogens is 216 g/mol. The Morgan fingerprint density at radius 2 is 2.53 bits per heavy atom. The first kappa shape index (κ1) is 12.1. The van der Waals surface area contributed by atoms with Gasteiger partial charge in [0.1, 0.15) is 5.82 Å². The van der Waals surface area contributed by atoms with Crippen LogP contribution in [-0.4, -0.2) is 34.6 Å². The SMILES string of the molecule is Cn1ccnc1CCNC1CCCNC(=O)C1. The molecule has 1 aliphatic heterocycles. The molecule has 0 spiro atoms. The van der Waals surface area contributed by atoms with Crippen LogP contribution in [-0.2, 0) is 18.3 Å². The van der Waals surface area contributed by atoms with E-state index in [1.807, 2.05) is 24.0 Å². The zero-order chi connectivity index (χ0) is 12.1. The van der Waals surface area contributed by atoms with E-state index in [0.717, 1.165) is 38.2 Å². The van der Waals surface area contributed by atoms with Crippen LogP contribution in [0, 0.1) is 0 Å². The number of aryl methyl sites for hydroxylation is 1. The molecule has 1 aromatic rings. The van der Waals surface area contributed by atoms with Crippen molar-refractivity contribution in [3.63, 3.8) is 0 Å². The topological polar surface area (TPSA) is 59.0 Å². The molecule has 1 atom stereocenters. The Balaban J connectivity index is 1.74. The van der Waals surface area contributed by atoms with E-state index in [-0.39, 0.29) is 5.91 Å². The molecule has 2 N–H and O–H groups in total. The first-order valence-corrected chi connectivity index (χ1v) is 6.22. The Bertz CT molecular complexity index is 374. The zero-order valence-electron chi connectivity index (χ0n) is 10.3. The van der Waals surface area contributed by atoms with Gasteiger partial charge in [0.05, 0.1) is 0 Å². The average Bonchev–Trinajstić information content (AvgIpc) is 2.58. The minimum absolute atomic E-state index is 0.164. The molecule has 1 amide bonds. The highest BCUT2D eigenvalue weighted by Crippen LogP contribution is 2.06. The number of rotatable bonds is 4. The smallest absolute Gasteiger partial charge is 0.221 e. The maximum Gasteiger partial charge on any atom is 0.221 e. The quantitative estimate of drug-likeness (QED) is 0.786. The molecular formula is C12H20N4O. The Labute approximate surface area is 102 Å². The van der Waals surface area contributed by atoms with Crippen molar-refractivity contribution >= 4 is 5.91 Å². The molecule has 94 valence electrons. The molecule has 1 aliphatic rings. The van der Waals surface area contributed by atoms with E-state index >= 15 is 0 Å². The van der Waals surface area contributed by atoms with Gasteiger partial charge in [-0.15, -0.1) is 0 Å². The van der Waals surface area contributed by atoms with Gasteiger partial charge in [-0.2, -0.15) is 0 Å². The van der Waals surface area contributed by atoms with Gasteiger partial charge in [-0.3, -0.25) is 4.79 Å². The second-order valence-corrected chi connectivity index (χ2v) is 4.55. The highest BCUT2D eigenvalue weighted by molar-refractivity contribution is 5.76. The molecule has 0 radical (unpaired) electrons. The summed E-state index contributed by atoms with van der Waals surface area (Å²) in [7, 11) is 2.00. The van der Waals surface area contributed by atoms with E-state index in [1.54, 1.807) is 0 Å².